The summed E-state index contributed by atoms with van der Waals surface area (Å²) in [5.74, 6) is 0.817. The molecule has 3 heterocycles. The predicted molar refractivity (Wildman–Crippen MR) is 276 cm³/mol. The molecule has 0 saturated carbocycles. The Labute approximate surface area is 412 Å². The van der Waals surface area contributed by atoms with Gasteiger partial charge in [0.25, 0.3) is 0 Å². The van der Waals surface area contributed by atoms with Gasteiger partial charge in [0.05, 0.1) is 0 Å². The van der Waals surface area contributed by atoms with Crippen molar-refractivity contribution in [3.63, 3.8) is 0 Å². The molecule has 0 N–H and O–H groups in total. The molecule has 0 saturated heterocycles. The third kappa shape index (κ3) is 8.63. The van der Waals surface area contributed by atoms with Gasteiger partial charge in [-0.3, -0.25) is 0 Å². The molecule has 7 aromatic rings. The standard InChI is InChI=1S/C37H41N4.C21H19BN.Pt/c1-24(2)27-19-31(25(3)4)37(32(20-27)26(5)6)28-17-29(40-22-38(7)33-13-9-11-15-35(33)40)21-30(18-28)41-23-39(8)34-14-10-12-16-36(34)41;1-14-12-15(2)21(16(3)13-14)22-17-8-4-6-10-19(17)23-20-11-7-5-9-18(20)22;/h9-20,22-26H,1-8H3;4-13H,1-3H3;/q-3;-1;+4/i7D3,8D3;;. The first-order valence-corrected chi connectivity index (χ1v) is 22.5. The van der Waals surface area contributed by atoms with Crippen LogP contribution in [-0.2, 0) is 21.1 Å². The van der Waals surface area contributed by atoms with Crippen molar-refractivity contribution in [3.05, 3.63) is 192 Å². The summed E-state index contributed by atoms with van der Waals surface area (Å²) < 4.78 is 49.5. The minimum atomic E-state index is -2.39. The largest absolute Gasteiger partial charge is 4.00 e. The number of benzene rings is 7. The number of hydrogen-bond acceptors (Lipinski definition) is 4. The molecule has 0 radical (unpaired) electrons. The minimum absolute atomic E-state index is 0. The summed E-state index contributed by atoms with van der Waals surface area (Å²) in [5, 5.41) is 4.86. The number of nitrogens with zero attached hydrogens (tertiary/aromatic N) is 5. The van der Waals surface area contributed by atoms with Crippen LogP contribution in [-0.4, -0.2) is 20.7 Å². The molecule has 5 nitrogen and oxygen atoms in total. The Hall–Kier alpha value is -5.71. The topological polar surface area (TPSA) is 27.1 Å². The third-order valence-electron chi connectivity index (χ3n) is 12.8. The number of fused-ring (bicyclic) bond motifs is 4. The summed E-state index contributed by atoms with van der Waals surface area (Å²) in [6.07, 6.45) is 0. The van der Waals surface area contributed by atoms with Gasteiger partial charge in [0, 0.05) is 31.0 Å². The second kappa shape index (κ2) is 18.6. The van der Waals surface area contributed by atoms with Gasteiger partial charge in [-0.2, -0.15) is 13.3 Å². The number of para-hydroxylation sites is 6. The van der Waals surface area contributed by atoms with E-state index < -0.39 is 14.0 Å². The van der Waals surface area contributed by atoms with Crippen LogP contribution in [0, 0.1) is 40.2 Å². The van der Waals surface area contributed by atoms with E-state index in [1.807, 2.05) is 46.2 Å². The second-order valence-corrected chi connectivity index (χ2v) is 18.3. The Morgan fingerprint density at radius 1 is 0.554 bits per heavy atom. The quantitative estimate of drug-likeness (QED) is 0.117. The van der Waals surface area contributed by atoms with Gasteiger partial charge in [-0.25, -0.2) is 0 Å². The Balaban J connectivity index is 0.000000235. The molecule has 0 aromatic heterocycles. The first-order chi connectivity index (χ1) is 33.2. The molecular formula is C58H60BN5Pt. The SMILES string of the molecule is Cc1cc(C)c(B2c3ccccc3[N-]c3ccccc32)c(C)c1.[2H]C([2H])([2H])N1[CH-]N(c2[c-]c(N3[CH-]N(C([2H])([2H])[2H])c4ccccc43)cc(-c3c(C(C)C)cc(C(C)C)cc3C(C)C)c2)c2ccccc21.[Pt+4]. The monoisotopic (exact) mass is 1040 g/mol. The molecule has 0 spiro atoms. The minimum Gasteiger partial charge on any atom is -0.659 e. The van der Waals surface area contributed by atoms with Gasteiger partial charge < -0.3 is 24.9 Å². The molecule has 7 aromatic carbocycles. The number of aryl methyl sites for hydroxylation is 3. The van der Waals surface area contributed by atoms with E-state index in [0.717, 1.165) is 33.9 Å². The van der Waals surface area contributed by atoms with E-state index in [2.05, 4.69) is 153 Å². The summed E-state index contributed by atoms with van der Waals surface area (Å²) in [6, 6.07) is 48.9. The van der Waals surface area contributed by atoms with E-state index in [9.17, 15) is 0 Å². The van der Waals surface area contributed by atoms with Crippen molar-refractivity contribution in [3.8, 4) is 11.1 Å². The second-order valence-electron chi connectivity index (χ2n) is 18.3. The molecule has 0 aliphatic carbocycles. The normalized spacial score (nSPS) is 15.4. The van der Waals surface area contributed by atoms with Crippen LogP contribution in [0.15, 0.2) is 133 Å². The maximum absolute atomic E-state index is 8.25. The summed E-state index contributed by atoms with van der Waals surface area (Å²) in [7, 11) is 0. The van der Waals surface area contributed by atoms with Gasteiger partial charge in [-0.15, -0.1) is 46.5 Å². The first kappa shape index (κ1) is 38.6. The summed E-state index contributed by atoms with van der Waals surface area (Å²) in [6.45, 7) is 18.6. The van der Waals surface area contributed by atoms with Crippen molar-refractivity contribution in [1.82, 2.24) is 0 Å². The van der Waals surface area contributed by atoms with Crippen LogP contribution in [0.3, 0.4) is 0 Å². The van der Waals surface area contributed by atoms with Crippen LogP contribution in [0.2, 0.25) is 0 Å². The van der Waals surface area contributed by atoms with E-state index in [0.29, 0.717) is 28.7 Å². The van der Waals surface area contributed by atoms with Gasteiger partial charge in [-0.1, -0.05) is 172 Å². The Bertz CT molecular complexity index is 2910. The van der Waals surface area contributed by atoms with Crippen LogP contribution in [0.25, 0.3) is 16.4 Å². The number of anilines is 6. The van der Waals surface area contributed by atoms with Gasteiger partial charge >= 0.3 is 21.1 Å². The summed E-state index contributed by atoms with van der Waals surface area (Å²) in [5.41, 5.74) is 20.0. The molecule has 3 aliphatic rings. The van der Waals surface area contributed by atoms with Crippen LogP contribution < -0.4 is 36.0 Å². The van der Waals surface area contributed by atoms with Crippen molar-refractivity contribution >= 4 is 68.6 Å². The molecule has 0 atom stereocenters. The molecule has 0 amide bonds. The fourth-order valence-corrected chi connectivity index (χ4v) is 9.76. The van der Waals surface area contributed by atoms with Crippen molar-refractivity contribution < 1.29 is 29.3 Å². The fraction of sp³-hybridized carbons (Fsp3) is 0.241. The maximum atomic E-state index is 8.25. The number of hydrogen-bond donors (Lipinski definition) is 0. The van der Waals surface area contributed by atoms with E-state index in [4.69, 9.17) is 13.5 Å². The summed E-state index contributed by atoms with van der Waals surface area (Å²) >= 11 is 0. The van der Waals surface area contributed by atoms with E-state index in [1.165, 1.54) is 59.6 Å². The first-order valence-electron chi connectivity index (χ1n) is 25.5. The molecule has 330 valence electrons. The van der Waals surface area contributed by atoms with Crippen LogP contribution in [0.5, 0.6) is 0 Å². The van der Waals surface area contributed by atoms with E-state index >= 15 is 0 Å². The van der Waals surface area contributed by atoms with Crippen LogP contribution >= 0.6 is 0 Å². The molecule has 3 aliphatic heterocycles. The summed E-state index contributed by atoms with van der Waals surface area (Å²) in [4.78, 5) is 6.36. The molecule has 10 rings (SSSR count). The van der Waals surface area contributed by atoms with Crippen LogP contribution in [0.1, 0.15) is 101 Å². The van der Waals surface area contributed by atoms with Gasteiger partial charge in [0.2, 0.25) is 6.71 Å². The zero-order valence-electron chi connectivity index (χ0n) is 44.7. The number of rotatable bonds is 7. The van der Waals surface area contributed by atoms with Crippen molar-refractivity contribution in [2.75, 3.05) is 33.6 Å². The van der Waals surface area contributed by atoms with Gasteiger partial charge in [-0.05, 0) is 99.0 Å². The van der Waals surface area contributed by atoms with Crippen LogP contribution in [0.4, 0.5) is 45.5 Å². The van der Waals surface area contributed by atoms with Crippen molar-refractivity contribution in [2.45, 2.75) is 80.1 Å². The molecule has 7 heteroatoms. The molecule has 0 bridgehead atoms. The Morgan fingerprint density at radius 3 is 1.42 bits per heavy atom. The maximum Gasteiger partial charge on any atom is 4.00 e. The van der Waals surface area contributed by atoms with E-state index in [-0.39, 0.29) is 39.6 Å². The van der Waals surface area contributed by atoms with Gasteiger partial charge in [0.15, 0.2) is 0 Å². The smallest absolute Gasteiger partial charge is 0.659 e. The Morgan fingerprint density at radius 2 is 0.985 bits per heavy atom. The zero-order chi connectivity index (χ0) is 50.0. The predicted octanol–water partition coefficient (Wildman–Crippen LogP) is 13.7. The third-order valence-corrected chi connectivity index (χ3v) is 12.8. The van der Waals surface area contributed by atoms with E-state index in [1.54, 1.807) is 25.5 Å². The molecule has 0 fully saturated rings. The van der Waals surface area contributed by atoms with Gasteiger partial charge in [0.1, 0.15) is 0 Å². The van der Waals surface area contributed by atoms with Crippen molar-refractivity contribution in [2.24, 2.45) is 0 Å². The zero-order valence-corrected chi connectivity index (χ0v) is 41.0. The molecular weight excluding hydrogens is 973 g/mol. The molecule has 0 unspecified atom stereocenters. The molecule has 65 heavy (non-hydrogen) atoms. The Kier molecular flexibility index (Phi) is 11.1. The average molecular weight is 1040 g/mol. The van der Waals surface area contributed by atoms with Crippen molar-refractivity contribution in [1.29, 1.82) is 0 Å². The average Bonchev–Trinajstić information content (AvgIpc) is 3.91. The fourth-order valence-electron chi connectivity index (χ4n) is 9.76.